The molecule has 1 unspecified atom stereocenters. The molecule has 0 aromatic heterocycles. The summed E-state index contributed by atoms with van der Waals surface area (Å²) in [6, 6.07) is 22.0. The van der Waals surface area contributed by atoms with Crippen LogP contribution in [0.25, 0.3) is 10.8 Å². The molecule has 29 heavy (non-hydrogen) atoms. The first-order valence-electron chi connectivity index (χ1n) is 10.5. The average molecular weight is 391 g/mol. The fraction of sp³-hybridized carbons (Fsp3) is 0.360. The Morgan fingerprint density at radius 3 is 2.52 bits per heavy atom. The van der Waals surface area contributed by atoms with E-state index >= 15 is 0 Å². The Morgan fingerprint density at radius 2 is 1.69 bits per heavy atom. The van der Waals surface area contributed by atoms with Crippen molar-refractivity contribution in [3.63, 3.8) is 0 Å². The van der Waals surface area contributed by atoms with Gasteiger partial charge in [-0.3, -0.25) is 4.90 Å². The first kappa shape index (κ1) is 19.7. The number of nitrogens with zero attached hydrogens (tertiary/aromatic N) is 1. The number of methoxy groups -OCH3 is 1. The fourth-order valence-corrected chi connectivity index (χ4v) is 4.25. The summed E-state index contributed by atoms with van der Waals surface area (Å²) in [6.07, 6.45) is 1.15. The normalized spacial score (nSPS) is 16.3. The molecule has 1 heterocycles. The summed E-state index contributed by atoms with van der Waals surface area (Å²) in [5.41, 5.74) is 2.55. The van der Waals surface area contributed by atoms with Crippen LogP contribution in [-0.4, -0.2) is 44.8 Å². The molecule has 1 aliphatic rings. The van der Waals surface area contributed by atoms with Crippen molar-refractivity contribution in [1.82, 2.24) is 10.2 Å². The van der Waals surface area contributed by atoms with Crippen molar-refractivity contribution in [2.45, 2.75) is 19.4 Å². The monoisotopic (exact) mass is 390 g/mol. The van der Waals surface area contributed by atoms with Gasteiger partial charge in [0.25, 0.3) is 0 Å². The minimum absolute atomic E-state index is 0.184. The van der Waals surface area contributed by atoms with Crippen molar-refractivity contribution in [1.29, 1.82) is 0 Å². The van der Waals surface area contributed by atoms with Gasteiger partial charge >= 0.3 is 0 Å². The van der Waals surface area contributed by atoms with E-state index in [1.807, 2.05) is 13.0 Å². The van der Waals surface area contributed by atoms with Crippen LogP contribution in [0.3, 0.4) is 0 Å². The van der Waals surface area contributed by atoms with Crippen molar-refractivity contribution in [2.24, 2.45) is 0 Å². The van der Waals surface area contributed by atoms with Crippen LogP contribution >= 0.6 is 0 Å². The summed E-state index contributed by atoms with van der Waals surface area (Å²) in [5.74, 6) is 1.59. The number of ether oxygens (including phenoxy) is 2. The first-order valence-corrected chi connectivity index (χ1v) is 10.5. The van der Waals surface area contributed by atoms with Gasteiger partial charge in [0, 0.05) is 19.6 Å². The molecule has 1 saturated heterocycles. The molecule has 1 atom stereocenters. The fourth-order valence-electron chi connectivity index (χ4n) is 4.25. The van der Waals surface area contributed by atoms with E-state index in [4.69, 9.17) is 9.47 Å². The van der Waals surface area contributed by atoms with Gasteiger partial charge in [-0.25, -0.2) is 0 Å². The molecule has 1 aliphatic heterocycles. The molecule has 152 valence electrons. The van der Waals surface area contributed by atoms with Crippen molar-refractivity contribution >= 4 is 10.8 Å². The Bertz CT molecular complexity index is 948. The van der Waals surface area contributed by atoms with Gasteiger partial charge in [-0.05, 0) is 60.0 Å². The van der Waals surface area contributed by atoms with Gasteiger partial charge in [-0.2, -0.15) is 0 Å². The van der Waals surface area contributed by atoms with Crippen molar-refractivity contribution in [3.05, 3.63) is 71.8 Å². The molecule has 4 nitrogen and oxygen atoms in total. The van der Waals surface area contributed by atoms with E-state index in [9.17, 15) is 0 Å². The molecule has 4 rings (SSSR count). The summed E-state index contributed by atoms with van der Waals surface area (Å²) in [6.45, 7) is 6.80. The summed E-state index contributed by atoms with van der Waals surface area (Å²) in [5, 5.41) is 6.08. The van der Waals surface area contributed by atoms with E-state index in [0.717, 1.165) is 44.1 Å². The third-order valence-corrected chi connectivity index (χ3v) is 5.63. The Kier molecular flexibility index (Phi) is 6.33. The smallest absolute Gasteiger partial charge is 0.161 e. The lowest BCUT2D eigenvalue weighted by Gasteiger charge is -2.32. The van der Waals surface area contributed by atoms with E-state index in [1.54, 1.807) is 7.11 Å². The Hall–Kier alpha value is -2.56. The highest BCUT2D eigenvalue weighted by molar-refractivity contribution is 5.83. The number of nitrogens with one attached hydrogen (secondary N) is 1. The van der Waals surface area contributed by atoms with Crippen LogP contribution in [0.4, 0.5) is 0 Å². The third kappa shape index (κ3) is 4.39. The van der Waals surface area contributed by atoms with Gasteiger partial charge in [0.1, 0.15) is 0 Å². The highest BCUT2D eigenvalue weighted by Gasteiger charge is 2.24. The maximum absolute atomic E-state index is 5.74. The van der Waals surface area contributed by atoms with Gasteiger partial charge in [0.2, 0.25) is 0 Å². The van der Waals surface area contributed by atoms with Crippen LogP contribution in [0.2, 0.25) is 0 Å². The van der Waals surface area contributed by atoms with Crippen molar-refractivity contribution in [3.8, 4) is 11.5 Å². The molecular formula is C25H30N2O2. The highest BCUT2D eigenvalue weighted by atomic mass is 16.5. The molecule has 3 aromatic carbocycles. The van der Waals surface area contributed by atoms with Gasteiger partial charge in [-0.1, -0.05) is 42.5 Å². The molecule has 0 aliphatic carbocycles. The lowest BCUT2D eigenvalue weighted by atomic mass is 9.94. The quantitative estimate of drug-likeness (QED) is 0.665. The molecule has 0 bridgehead atoms. The first-order chi connectivity index (χ1) is 14.3. The number of hydrogen-bond acceptors (Lipinski definition) is 4. The van der Waals surface area contributed by atoms with Gasteiger partial charge < -0.3 is 14.8 Å². The summed E-state index contributed by atoms with van der Waals surface area (Å²) < 4.78 is 11.4. The standard InChI is InChI=1S/C25H30N2O2/c1-3-29-23-12-11-22(18-24(23)28-2)25(27-15-6-13-26-14-16-27)21-10-9-19-7-4-5-8-20(19)17-21/h4-5,7-12,17-18,25-26H,3,6,13-16H2,1-2H3. The van der Waals surface area contributed by atoms with Crippen LogP contribution < -0.4 is 14.8 Å². The van der Waals surface area contributed by atoms with E-state index in [1.165, 1.54) is 21.9 Å². The van der Waals surface area contributed by atoms with Crippen LogP contribution in [0.15, 0.2) is 60.7 Å². The second-order valence-corrected chi connectivity index (χ2v) is 7.49. The summed E-state index contributed by atoms with van der Waals surface area (Å²) >= 11 is 0. The van der Waals surface area contributed by atoms with Crippen LogP contribution in [0.5, 0.6) is 11.5 Å². The molecule has 4 heteroatoms. The maximum atomic E-state index is 5.74. The zero-order valence-corrected chi connectivity index (χ0v) is 17.4. The minimum atomic E-state index is 0.184. The Labute approximate surface area is 173 Å². The lowest BCUT2D eigenvalue weighted by molar-refractivity contribution is 0.240. The predicted octanol–water partition coefficient (Wildman–Crippen LogP) is 4.63. The Balaban J connectivity index is 1.79. The largest absolute Gasteiger partial charge is 0.493 e. The highest BCUT2D eigenvalue weighted by Crippen LogP contribution is 2.36. The molecule has 1 N–H and O–H groups in total. The van der Waals surface area contributed by atoms with E-state index < -0.39 is 0 Å². The zero-order valence-electron chi connectivity index (χ0n) is 17.4. The van der Waals surface area contributed by atoms with Crippen LogP contribution in [-0.2, 0) is 0 Å². The van der Waals surface area contributed by atoms with E-state index in [-0.39, 0.29) is 6.04 Å². The van der Waals surface area contributed by atoms with Crippen molar-refractivity contribution < 1.29 is 9.47 Å². The Morgan fingerprint density at radius 1 is 0.897 bits per heavy atom. The molecule has 0 amide bonds. The van der Waals surface area contributed by atoms with Crippen molar-refractivity contribution in [2.75, 3.05) is 39.9 Å². The van der Waals surface area contributed by atoms with Gasteiger partial charge in [0.05, 0.1) is 19.8 Å². The lowest BCUT2D eigenvalue weighted by Crippen LogP contribution is -2.33. The number of rotatable bonds is 6. The third-order valence-electron chi connectivity index (χ3n) is 5.63. The second kappa shape index (κ2) is 9.29. The zero-order chi connectivity index (χ0) is 20.1. The molecule has 0 spiro atoms. The molecule has 1 fully saturated rings. The van der Waals surface area contributed by atoms with Gasteiger partial charge in [-0.15, -0.1) is 0 Å². The summed E-state index contributed by atoms with van der Waals surface area (Å²) in [4.78, 5) is 2.58. The van der Waals surface area contributed by atoms with Crippen LogP contribution in [0, 0.1) is 0 Å². The molecule has 0 saturated carbocycles. The minimum Gasteiger partial charge on any atom is -0.493 e. The maximum Gasteiger partial charge on any atom is 0.161 e. The molecule has 3 aromatic rings. The van der Waals surface area contributed by atoms with Gasteiger partial charge in [0.15, 0.2) is 11.5 Å². The van der Waals surface area contributed by atoms with E-state index in [2.05, 4.69) is 64.8 Å². The molecular weight excluding hydrogens is 360 g/mol. The second-order valence-electron chi connectivity index (χ2n) is 7.49. The SMILES string of the molecule is CCOc1ccc(C(c2ccc3ccccc3c2)N2CCCNCC2)cc1OC. The number of benzene rings is 3. The number of fused-ring (bicyclic) bond motifs is 1. The topological polar surface area (TPSA) is 33.7 Å². The predicted molar refractivity (Wildman–Crippen MR) is 119 cm³/mol. The van der Waals surface area contributed by atoms with Crippen LogP contribution in [0.1, 0.15) is 30.5 Å². The average Bonchev–Trinajstić information content (AvgIpc) is 3.04. The molecule has 0 radical (unpaired) electrons. The number of hydrogen-bond donors (Lipinski definition) is 1. The van der Waals surface area contributed by atoms with E-state index in [0.29, 0.717) is 6.61 Å². The summed E-state index contributed by atoms with van der Waals surface area (Å²) in [7, 11) is 1.71.